The summed E-state index contributed by atoms with van der Waals surface area (Å²) < 4.78 is 6.07. The minimum Gasteiger partial charge on any atom is -0.372 e. The van der Waals surface area contributed by atoms with Crippen molar-refractivity contribution in [1.29, 1.82) is 0 Å². The van der Waals surface area contributed by atoms with Gasteiger partial charge in [-0.2, -0.15) is 0 Å². The van der Waals surface area contributed by atoms with Gasteiger partial charge in [0.2, 0.25) is 0 Å². The second-order valence-corrected chi connectivity index (χ2v) is 6.55. The first-order chi connectivity index (χ1) is 9.73. The Kier molecular flexibility index (Phi) is 2.86. The lowest BCUT2D eigenvalue weighted by Crippen LogP contribution is -2.50. The molecule has 1 aromatic carbocycles. The Labute approximate surface area is 119 Å². The summed E-state index contributed by atoms with van der Waals surface area (Å²) in [4.78, 5) is 5.85. The summed E-state index contributed by atoms with van der Waals surface area (Å²) in [5.41, 5.74) is 2.72. The highest BCUT2D eigenvalue weighted by molar-refractivity contribution is 5.79. The zero-order chi connectivity index (χ0) is 13.6. The van der Waals surface area contributed by atoms with Crippen LogP contribution in [0.5, 0.6) is 0 Å². The van der Waals surface area contributed by atoms with Crippen LogP contribution >= 0.6 is 0 Å². The number of aromatic nitrogens is 1. The van der Waals surface area contributed by atoms with Crippen LogP contribution in [0.3, 0.4) is 0 Å². The van der Waals surface area contributed by atoms with E-state index >= 15 is 0 Å². The van der Waals surface area contributed by atoms with Crippen molar-refractivity contribution in [2.24, 2.45) is 5.92 Å². The average molecular weight is 270 g/mol. The van der Waals surface area contributed by atoms with Crippen LogP contribution in [0.1, 0.15) is 25.3 Å². The third-order valence-corrected chi connectivity index (χ3v) is 4.84. The minimum atomic E-state index is 0.0920. The van der Waals surface area contributed by atoms with E-state index in [-0.39, 0.29) is 5.60 Å². The van der Waals surface area contributed by atoms with Crippen LogP contribution in [0.4, 0.5) is 0 Å². The summed E-state index contributed by atoms with van der Waals surface area (Å²) >= 11 is 0. The maximum absolute atomic E-state index is 6.07. The summed E-state index contributed by atoms with van der Waals surface area (Å²) in [6.45, 7) is 6.31. The lowest BCUT2D eigenvalue weighted by molar-refractivity contribution is -0.112. The summed E-state index contributed by atoms with van der Waals surface area (Å²) in [6, 6.07) is 8.86. The summed E-state index contributed by atoms with van der Waals surface area (Å²) in [5.74, 6) is 0.788. The number of fused-ring (bicyclic) bond motifs is 1. The van der Waals surface area contributed by atoms with Crippen molar-refractivity contribution in [2.45, 2.75) is 31.9 Å². The Hall–Kier alpha value is -1.32. The van der Waals surface area contributed by atoms with Gasteiger partial charge in [0.05, 0.1) is 12.2 Å². The van der Waals surface area contributed by atoms with Gasteiger partial charge in [0.1, 0.15) is 0 Å². The molecule has 1 atom stereocenters. The van der Waals surface area contributed by atoms with Gasteiger partial charge in [0.25, 0.3) is 0 Å². The Morgan fingerprint density at radius 2 is 2.25 bits per heavy atom. The molecule has 0 bridgehead atoms. The number of ether oxygens (including phenoxy) is 1. The van der Waals surface area contributed by atoms with E-state index in [0.29, 0.717) is 0 Å². The molecule has 0 amide bonds. The lowest BCUT2D eigenvalue weighted by Gasteiger charge is -2.41. The smallest absolute Gasteiger partial charge is 0.0809 e. The zero-order valence-electron chi connectivity index (χ0n) is 12.1. The molecule has 0 unspecified atom stereocenters. The molecule has 1 aliphatic carbocycles. The second-order valence-electron chi connectivity index (χ2n) is 6.55. The zero-order valence-corrected chi connectivity index (χ0v) is 12.1. The fourth-order valence-electron chi connectivity index (χ4n) is 3.50. The maximum Gasteiger partial charge on any atom is 0.0809 e. The Balaban J connectivity index is 1.50. The van der Waals surface area contributed by atoms with E-state index in [1.165, 1.54) is 29.3 Å². The Morgan fingerprint density at radius 3 is 3.10 bits per heavy atom. The van der Waals surface area contributed by atoms with Crippen molar-refractivity contribution in [3.63, 3.8) is 0 Å². The molecule has 1 aromatic heterocycles. The number of aromatic amines is 1. The quantitative estimate of drug-likeness (QED) is 0.928. The number of hydrogen-bond donors (Lipinski definition) is 1. The summed E-state index contributed by atoms with van der Waals surface area (Å²) in [6.07, 6.45) is 4.70. The average Bonchev–Trinajstić information content (AvgIpc) is 3.19. The molecule has 2 fully saturated rings. The third-order valence-electron chi connectivity index (χ3n) is 4.84. The molecule has 1 saturated heterocycles. The van der Waals surface area contributed by atoms with Gasteiger partial charge in [0, 0.05) is 31.3 Å². The first-order valence-corrected chi connectivity index (χ1v) is 7.65. The molecule has 0 radical (unpaired) electrons. The fourth-order valence-corrected chi connectivity index (χ4v) is 3.50. The van der Waals surface area contributed by atoms with Crippen LogP contribution in [0.15, 0.2) is 30.5 Å². The lowest BCUT2D eigenvalue weighted by atomic mass is 9.97. The molecular weight excluding hydrogens is 248 g/mol. The number of H-pyrrole nitrogens is 1. The van der Waals surface area contributed by atoms with Crippen molar-refractivity contribution in [3.8, 4) is 0 Å². The van der Waals surface area contributed by atoms with Crippen molar-refractivity contribution in [2.75, 3.05) is 19.7 Å². The number of nitrogens with one attached hydrogen (secondary N) is 1. The first-order valence-electron chi connectivity index (χ1n) is 7.65. The molecule has 106 valence electrons. The van der Waals surface area contributed by atoms with E-state index in [4.69, 9.17) is 4.74 Å². The molecule has 0 spiro atoms. The van der Waals surface area contributed by atoms with Gasteiger partial charge in [-0.25, -0.2) is 0 Å². The van der Waals surface area contributed by atoms with Crippen LogP contribution in [-0.4, -0.2) is 35.2 Å². The third kappa shape index (κ3) is 2.25. The SMILES string of the molecule is C[C@@]1(C2CC2)CN(Cc2ccc3cc[nH]c3c2)CCO1. The molecule has 1 aliphatic heterocycles. The molecule has 3 heteroatoms. The summed E-state index contributed by atoms with van der Waals surface area (Å²) in [7, 11) is 0. The van der Waals surface area contributed by atoms with Crippen molar-refractivity contribution in [1.82, 2.24) is 9.88 Å². The maximum atomic E-state index is 6.07. The van der Waals surface area contributed by atoms with Crippen LogP contribution in [0, 0.1) is 5.92 Å². The van der Waals surface area contributed by atoms with E-state index in [1.807, 2.05) is 6.20 Å². The largest absolute Gasteiger partial charge is 0.372 e. The molecule has 2 aliphatic rings. The van der Waals surface area contributed by atoms with Gasteiger partial charge in [0.15, 0.2) is 0 Å². The monoisotopic (exact) mass is 270 g/mol. The van der Waals surface area contributed by atoms with Gasteiger partial charge < -0.3 is 9.72 Å². The number of benzene rings is 1. The molecule has 2 heterocycles. The molecule has 1 N–H and O–H groups in total. The van der Waals surface area contributed by atoms with Gasteiger partial charge in [-0.3, -0.25) is 4.90 Å². The molecule has 20 heavy (non-hydrogen) atoms. The number of morpholine rings is 1. The minimum absolute atomic E-state index is 0.0920. The summed E-state index contributed by atoms with van der Waals surface area (Å²) in [5, 5.41) is 1.29. The van der Waals surface area contributed by atoms with Gasteiger partial charge in [-0.05, 0) is 48.8 Å². The van der Waals surface area contributed by atoms with E-state index in [9.17, 15) is 0 Å². The topological polar surface area (TPSA) is 28.3 Å². The molecule has 3 nitrogen and oxygen atoms in total. The number of nitrogens with zero attached hydrogens (tertiary/aromatic N) is 1. The molecular formula is C17H22N2O. The number of rotatable bonds is 3. The fraction of sp³-hybridized carbons (Fsp3) is 0.529. The van der Waals surface area contributed by atoms with Crippen molar-refractivity contribution in [3.05, 3.63) is 36.0 Å². The van der Waals surface area contributed by atoms with E-state index in [1.54, 1.807) is 0 Å². The highest BCUT2D eigenvalue weighted by Gasteiger charge is 2.45. The van der Waals surface area contributed by atoms with Crippen LogP contribution in [-0.2, 0) is 11.3 Å². The Morgan fingerprint density at radius 1 is 1.35 bits per heavy atom. The Bertz CT molecular complexity index is 616. The molecule has 2 aromatic rings. The van der Waals surface area contributed by atoms with Crippen LogP contribution in [0.2, 0.25) is 0 Å². The highest BCUT2D eigenvalue weighted by Crippen LogP contribution is 2.43. The normalized spacial score (nSPS) is 28.1. The van der Waals surface area contributed by atoms with Crippen LogP contribution in [0.25, 0.3) is 10.9 Å². The predicted octanol–water partition coefficient (Wildman–Crippen LogP) is 3.17. The van der Waals surface area contributed by atoms with Crippen molar-refractivity contribution < 1.29 is 4.74 Å². The number of hydrogen-bond acceptors (Lipinski definition) is 2. The van der Waals surface area contributed by atoms with Gasteiger partial charge in [-0.1, -0.05) is 12.1 Å². The molecule has 4 rings (SSSR count). The first kappa shape index (κ1) is 12.4. The van der Waals surface area contributed by atoms with E-state index in [2.05, 4.69) is 41.1 Å². The van der Waals surface area contributed by atoms with Gasteiger partial charge in [-0.15, -0.1) is 0 Å². The van der Waals surface area contributed by atoms with E-state index < -0.39 is 0 Å². The van der Waals surface area contributed by atoms with E-state index in [0.717, 1.165) is 32.2 Å². The van der Waals surface area contributed by atoms with Gasteiger partial charge >= 0.3 is 0 Å². The predicted molar refractivity (Wildman–Crippen MR) is 80.7 cm³/mol. The highest BCUT2D eigenvalue weighted by atomic mass is 16.5. The second kappa shape index (κ2) is 4.61. The molecule has 1 saturated carbocycles. The van der Waals surface area contributed by atoms with Crippen LogP contribution < -0.4 is 0 Å². The van der Waals surface area contributed by atoms with Crippen molar-refractivity contribution >= 4 is 10.9 Å². The standard InChI is InChI=1S/C17H22N2O/c1-17(15-4-5-15)12-19(8-9-20-17)11-13-2-3-14-6-7-18-16(14)10-13/h2-3,6-7,10,15,18H,4-5,8-9,11-12H2,1H3/t17-/m0/s1.